The number of amides is 1. The van der Waals surface area contributed by atoms with Gasteiger partial charge < -0.3 is 11.1 Å². The average molecular weight is 230 g/mol. The van der Waals surface area contributed by atoms with Gasteiger partial charge >= 0.3 is 0 Å². The zero-order chi connectivity index (χ0) is 11.8. The van der Waals surface area contributed by atoms with Gasteiger partial charge in [0, 0.05) is 17.6 Å². The quantitative estimate of drug-likeness (QED) is 0.813. The first-order chi connectivity index (χ1) is 8.22. The maximum atomic E-state index is 11.2. The van der Waals surface area contributed by atoms with Crippen LogP contribution in [0.25, 0.3) is 0 Å². The maximum Gasteiger partial charge on any atom is 0.248 e. The molecule has 2 heterocycles. The summed E-state index contributed by atoms with van der Waals surface area (Å²) < 4.78 is 0. The highest BCUT2D eigenvalue weighted by Crippen LogP contribution is 2.37. The topological polar surface area (TPSA) is 55.1 Å². The van der Waals surface area contributed by atoms with E-state index >= 15 is 0 Å². The van der Waals surface area contributed by atoms with E-state index in [0.29, 0.717) is 23.6 Å². The van der Waals surface area contributed by atoms with Crippen LogP contribution in [-0.2, 0) is 0 Å². The van der Waals surface area contributed by atoms with Gasteiger partial charge in [0.15, 0.2) is 0 Å². The van der Waals surface area contributed by atoms with Crippen LogP contribution in [0.5, 0.6) is 0 Å². The summed E-state index contributed by atoms with van der Waals surface area (Å²) in [5, 5.41) is 3.64. The Morgan fingerprint density at radius 2 is 1.94 bits per heavy atom. The molecule has 2 unspecified atom stereocenters. The van der Waals surface area contributed by atoms with E-state index in [9.17, 15) is 4.79 Å². The van der Waals surface area contributed by atoms with Gasteiger partial charge in [-0.3, -0.25) is 4.79 Å². The number of nitrogens with one attached hydrogen (secondary N) is 1. The first-order valence-corrected chi connectivity index (χ1v) is 6.38. The van der Waals surface area contributed by atoms with Crippen LogP contribution in [-0.4, -0.2) is 18.0 Å². The number of fused-ring (bicyclic) bond motifs is 2. The molecule has 1 amide bonds. The fourth-order valence-corrected chi connectivity index (χ4v) is 3.28. The molecular formula is C14H18N2O. The average Bonchev–Trinajstić information content (AvgIpc) is 2.68. The van der Waals surface area contributed by atoms with Gasteiger partial charge in [0.2, 0.25) is 5.91 Å². The molecule has 90 valence electrons. The Hall–Kier alpha value is -1.35. The number of rotatable bonds is 2. The summed E-state index contributed by atoms with van der Waals surface area (Å²) in [6, 6.07) is 9.19. The molecule has 0 radical (unpaired) electrons. The third-order valence-electron chi connectivity index (χ3n) is 4.12. The third kappa shape index (κ3) is 2.07. The molecule has 0 saturated carbocycles. The summed E-state index contributed by atoms with van der Waals surface area (Å²) in [5.41, 5.74) is 7.24. The molecule has 0 aliphatic carbocycles. The minimum absolute atomic E-state index is 0.330. The molecule has 3 heteroatoms. The van der Waals surface area contributed by atoms with E-state index in [-0.39, 0.29) is 5.91 Å². The van der Waals surface area contributed by atoms with Gasteiger partial charge in [-0.25, -0.2) is 0 Å². The van der Waals surface area contributed by atoms with Gasteiger partial charge in [0.1, 0.15) is 0 Å². The lowest BCUT2D eigenvalue weighted by atomic mass is 9.85. The Balaban J connectivity index is 1.84. The van der Waals surface area contributed by atoms with Crippen molar-refractivity contribution in [3.8, 4) is 0 Å². The second-order valence-corrected chi connectivity index (χ2v) is 5.30. The van der Waals surface area contributed by atoms with Crippen molar-refractivity contribution in [2.75, 3.05) is 0 Å². The van der Waals surface area contributed by atoms with Gasteiger partial charge in [-0.15, -0.1) is 0 Å². The van der Waals surface area contributed by atoms with E-state index in [4.69, 9.17) is 5.73 Å². The molecule has 2 bridgehead atoms. The van der Waals surface area contributed by atoms with Gasteiger partial charge in [0.05, 0.1) is 0 Å². The monoisotopic (exact) mass is 230 g/mol. The molecule has 17 heavy (non-hydrogen) atoms. The molecule has 2 aliphatic rings. The predicted octanol–water partition coefficient (Wildman–Crippen LogP) is 1.78. The number of carbonyl (C=O) groups excluding carboxylic acids is 1. The summed E-state index contributed by atoms with van der Waals surface area (Å²) in [5.74, 6) is 0.261. The van der Waals surface area contributed by atoms with Crippen LogP contribution in [0.2, 0.25) is 0 Å². The number of carbonyl (C=O) groups is 1. The molecule has 3 nitrogen and oxygen atoms in total. The number of hydrogen-bond donors (Lipinski definition) is 2. The smallest absolute Gasteiger partial charge is 0.248 e. The van der Waals surface area contributed by atoms with E-state index in [1.165, 1.54) is 31.2 Å². The molecule has 3 rings (SSSR count). The highest BCUT2D eigenvalue weighted by atomic mass is 16.1. The zero-order valence-electron chi connectivity index (χ0n) is 9.86. The van der Waals surface area contributed by atoms with Crippen LogP contribution in [0.3, 0.4) is 0 Å². The molecule has 2 saturated heterocycles. The highest BCUT2D eigenvalue weighted by molar-refractivity contribution is 5.92. The van der Waals surface area contributed by atoms with E-state index < -0.39 is 0 Å². The number of piperidine rings is 1. The Bertz CT molecular complexity index is 432. The fraction of sp³-hybridized carbons (Fsp3) is 0.500. The predicted molar refractivity (Wildman–Crippen MR) is 66.9 cm³/mol. The van der Waals surface area contributed by atoms with E-state index in [1.54, 1.807) is 6.07 Å². The zero-order valence-corrected chi connectivity index (χ0v) is 9.86. The van der Waals surface area contributed by atoms with Crippen LogP contribution in [0.4, 0.5) is 0 Å². The first kappa shape index (κ1) is 10.8. The Morgan fingerprint density at radius 3 is 2.59 bits per heavy atom. The summed E-state index contributed by atoms with van der Waals surface area (Å²) in [7, 11) is 0. The summed E-state index contributed by atoms with van der Waals surface area (Å²) in [6.07, 6.45) is 4.99. The normalized spacial score (nSPS) is 31.4. The molecule has 0 spiro atoms. The van der Waals surface area contributed by atoms with Crippen LogP contribution in [0.1, 0.15) is 47.5 Å². The van der Waals surface area contributed by atoms with Crippen molar-refractivity contribution in [3.05, 3.63) is 35.4 Å². The van der Waals surface area contributed by atoms with Gasteiger partial charge in [-0.05, 0) is 49.3 Å². The maximum absolute atomic E-state index is 11.2. The van der Waals surface area contributed by atoms with Gasteiger partial charge in [0.25, 0.3) is 0 Å². The Kier molecular flexibility index (Phi) is 2.63. The second kappa shape index (κ2) is 4.15. The summed E-state index contributed by atoms with van der Waals surface area (Å²) in [6.45, 7) is 0. The highest BCUT2D eigenvalue weighted by Gasteiger charge is 2.33. The van der Waals surface area contributed by atoms with E-state index in [1.807, 2.05) is 12.1 Å². The molecule has 1 aromatic rings. The lowest BCUT2D eigenvalue weighted by Crippen LogP contribution is -2.37. The van der Waals surface area contributed by atoms with Crippen molar-refractivity contribution in [2.24, 2.45) is 5.73 Å². The standard InChI is InChI=1S/C14H18N2O/c15-14(17)10-3-1-2-9(6-10)11-7-12-4-5-13(8-11)16-12/h1-3,6,11-13,16H,4-5,7-8H2,(H2,15,17)/t11?,12-,13?/m1/s1. The van der Waals surface area contributed by atoms with Gasteiger partial charge in [-0.1, -0.05) is 12.1 Å². The van der Waals surface area contributed by atoms with Crippen molar-refractivity contribution in [2.45, 2.75) is 43.7 Å². The van der Waals surface area contributed by atoms with Crippen LogP contribution < -0.4 is 11.1 Å². The molecular weight excluding hydrogens is 212 g/mol. The van der Waals surface area contributed by atoms with Crippen molar-refractivity contribution >= 4 is 5.91 Å². The van der Waals surface area contributed by atoms with Crippen molar-refractivity contribution < 1.29 is 4.79 Å². The van der Waals surface area contributed by atoms with E-state index in [2.05, 4.69) is 11.4 Å². The molecule has 1 aromatic carbocycles. The van der Waals surface area contributed by atoms with Crippen molar-refractivity contribution in [3.63, 3.8) is 0 Å². The fourth-order valence-electron chi connectivity index (χ4n) is 3.28. The molecule has 0 aromatic heterocycles. The van der Waals surface area contributed by atoms with Crippen molar-refractivity contribution in [1.29, 1.82) is 0 Å². The largest absolute Gasteiger partial charge is 0.366 e. The molecule has 2 aliphatic heterocycles. The minimum Gasteiger partial charge on any atom is -0.366 e. The first-order valence-electron chi connectivity index (χ1n) is 6.38. The summed E-state index contributed by atoms with van der Waals surface area (Å²) in [4.78, 5) is 11.2. The summed E-state index contributed by atoms with van der Waals surface area (Å²) >= 11 is 0. The third-order valence-corrected chi connectivity index (χ3v) is 4.12. The number of benzene rings is 1. The Labute approximate surface area is 101 Å². The van der Waals surface area contributed by atoms with Crippen LogP contribution in [0.15, 0.2) is 24.3 Å². The molecule has 3 N–H and O–H groups in total. The number of primary amides is 1. The van der Waals surface area contributed by atoms with Crippen LogP contribution in [0, 0.1) is 0 Å². The number of hydrogen-bond acceptors (Lipinski definition) is 2. The van der Waals surface area contributed by atoms with Crippen LogP contribution >= 0.6 is 0 Å². The minimum atomic E-state index is -0.330. The number of nitrogens with two attached hydrogens (primary N) is 1. The van der Waals surface area contributed by atoms with E-state index in [0.717, 1.165) is 0 Å². The SMILES string of the molecule is NC(=O)c1cccc(C2CC3CC[C@H](C2)N3)c1. The van der Waals surface area contributed by atoms with Gasteiger partial charge in [-0.2, -0.15) is 0 Å². The molecule has 3 atom stereocenters. The molecule has 2 fully saturated rings. The Morgan fingerprint density at radius 1 is 1.24 bits per heavy atom. The van der Waals surface area contributed by atoms with Crippen molar-refractivity contribution in [1.82, 2.24) is 5.32 Å². The lowest BCUT2D eigenvalue weighted by Gasteiger charge is -2.29. The second-order valence-electron chi connectivity index (χ2n) is 5.30. The lowest BCUT2D eigenvalue weighted by molar-refractivity contribution is 0.1000.